The number of carbonyl (C=O) groups is 1. The number of hydrogen-bond acceptors (Lipinski definition) is 3. The molecule has 1 aliphatic rings. The fraction of sp³-hybridized carbons (Fsp3) is 0.900. The smallest absolute Gasteiger partial charge is 0.409 e. The van der Waals surface area contributed by atoms with Crippen molar-refractivity contribution < 1.29 is 9.53 Å². The van der Waals surface area contributed by atoms with Gasteiger partial charge in [-0.15, -0.1) is 0 Å². The van der Waals surface area contributed by atoms with Crippen LogP contribution in [0.25, 0.3) is 0 Å². The highest BCUT2D eigenvalue weighted by Crippen LogP contribution is 2.23. The fourth-order valence-electron chi connectivity index (χ4n) is 1.99. The van der Waals surface area contributed by atoms with Crippen LogP contribution in [0, 0.1) is 5.92 Å². The van der Waals surface area contributed by atoms with Crippen LogP contribution in [0.2, 0.25) is 0 Å². The minimum atomic E-state index is -0.250. The normalized spacial score (nSPS) is 27.1. The molecule has 14 heavy (non-hydrogen) atoms. The van der Waals surface area contributed by atoms with Crippen molar-refractivity contribution in [2.75, 3.05) is 20.7 Å². The largest absolute Gasteiger partial charge is 0.453 e. The second-order valence-corrected chi connectivity index (χ2v) is 4.13. The predicted molar refractivity (Wildman–Crippen MR) is 55.0 cm³/mol. The minimum Gasteiger partial charge on any atom is -0.453 e. The maximum Gasteiger partial charge on any atom is 0.409 e. The molecule has 0 saturated heterocycles. The Bertz CT molecular complexity index is 189. The zero-order chi connectivity index (χ0) is 10.6. The van der Waals surface area contributed by atoms with E-state index in [9.17, 15) is 4.79 Å². The molecular weight excluding hydrogens is 180 g/mol. The average molecular weight is 200 g/mol. The van der Waals surface area contributed by atoms with E-state index in [1.807, 2.05) is 0 Å². The molecule has 0 aliphatic heterocycles. The van der Waals surface area contributed by atoms with Gasteiger partial charge >= 0.3 is 6.09 Å². The summed E-state index contributed by atoms with van der Waals surface area (Å²) >= 11 is 0. The van der Waals surface area contributed by atoms with Crippen LogP contribution in [0.5, 0.6) is 0 Å². The number of hydrogen-bond donors (Lipinski definition) is 1. The van der Waals surface area contributed by atoms with Gasteiger partial charge in [0.15, 0.2) is 0 Å². The summed E-state index contributed by atoms with van der Waals surface area (Å²) in [6.07, 6.45) is 4.17. The lowest BCUT2D eigenvalue weighted by molar-refractivity contribution is 0.122. The van der Waals surface area contributed by atoms with E-state index < -0.39 is 0 Å². The van der Waals surface area contributed by atoms with Gasteiger partial charge in [0.1, 0.15) is 0 Å². The molecule has 4 heteroatoms. The fourth-order valence-corrected chi connectivity index (χ4v) is 1.99. The summed E-state index contributed by atoms with van der Waals surface area (Å²) in [6.45, 7) is 0.791. The number of rotatable bonds is 2. The predicted octanol–water partition coefficient (Wildman–Crippen LogP) is 1.20. The Hall–Kier alpha value is -0.770. The van der Waals surface area contributed by atoms with Gasteiger partial charge in [-0.05, 0) is 31.6 Å². The molecule has 0 unspecified atom stereocenters. The number of ether oxygens (including phenoxy) is 1. The van der Waals surface area contributed by atoms with Crippen molar-refractivity contribution in [2.45, 2.75) is 31.7 Å². The molecule has 0 aromatic rings. The zero-order valence-electron chi connectivity index (χ0n) is 9.03. The molecule has 0 heterocycles. The molecule has 1 aliphatic carbocycles. The molecule has 82 valence electrons. The first-order valence-electron chi connectivity index (χ1n) is 5.18. The first-order valence-corrected chi connectivity index (χ1v) is 5.18. The lowest BCUT2D eigenvalue weighted by Gasteiger charge is -2.29. The highest BCUT2D eigenvalue weighted by atomic mass is 16.5. The monoisotopic (exact) mass is 200 g/mol. The lowest BCUT2D eigenvalue weighted by Crippen LogP contribution is -2.35. The van der Waals surface area contributed by atoms with Gasteiger partial charge in [0.2, 0.25) is 0 Å². The van der Waals surface area contributed by atoms with Gasteiger partial charge in [0.05, 0.1) is 7.11 Å². The molecule has 1 rings (SSSR count). The van der Waals surface area contributed by atoms with E-state index in [0.717, 1.165) is 32.2 Å². The summed E-state index contributed by atoms with van der Waals surface area (Å²) in [7, 11) is 3.19. The third-order valence-electron chi connectivity index (χ3n) is 2.91. The van der Waals surface area contributed by atoms with Gasteiger partial charge in [-0.2, -0.15) is 0 Å². The summed E-state index contributed by atoms with van der Waals surface area (Å²) < 4.78 is 4.64. The van der Waals surface area contributed by atoms with Gasteiger partial charge in [0.25, 0.3) is 0 Å². The molecule has 0 atom stereocenters. The maximum atomic E-state index is 11.1. The van der Waals surface area contributed by atoms with Gasteiger partial charge in [-0.3, -0.25) is 0 Å². The lowest BCUT2D eigenvalue weighted by atomic mass is 9.86. The van der Waals surface area contributed by atoms with E-state index in [1.165, 1.54) is 7.11 Å². The van der Waals surface area contributed by atoms with Crippen molar-refractivity contribution in [3.8, 4) is 0 Å². The molecule has 1 fully saturated rings. The standard InChI is InChI=1S/C10H20N2O2/c1-12(10(13)14-2)7-8-3-5-9(11)6-4-8/h8-9H,3-7,11H2,1-2H3. The van der Waals surface area contributed by atoms with Crippen LogP contribution in [0.1, 0.15) is 25.7 Å². The Kier molecular flexibility index (Phi) is 4.20. The summed E-state index contributed by atoms with van der Waals surface area (Å²) in [5.74, 6) is 0.596. The molecule has 4 nitrogen and oxygen atoms in total. The van der Waals surface area contributed by atoms with E-state index >= 15 is 0 Å². The SMILES string of the molecule is COC(=O)N(C)CC1CCC(N)CC1. The number of methoxy groups -OCH3 is 1. The topological polar surface area (TPSA) is 55.6 Å². The van der Waals surface area contributed by atoms with Gasteiger partial charge in [-0.25, -0.2) is 4.79 Å². The molecule has 0 spiro atoms. The second kappa shape index (κ2) is 5.20. The Labute approximate surface area is 85.4 Å². The molecule has 0 bridgehead atoms. The number of nitrogens with two attached hydrogens (primary N) is 1. The minimum absolute atomic E-state index is 0.250. The van der Waals surface area contributed by atoms with Crippen molar-refractivity contribution >= 4 is 6.09 Å². The van der Waals surface area contributed by atoms with E-state index in [1.54, 1.807) is 11.9 Å². The quantitative estimate of drug-likeness (QED) is 0.728. The Balaban J connectivity index is 2.27. The van der Waals surface area contributed by atoms with Crippen LogP contribution in [-0.2, 0) is 4.74 Å². The van der Waals surface area contributed by atoms with Crippen molar-refractivity contribution in [1.29, 1.82) is 0 Å². The summed E-state index contributed by atoms with van der Waals surface area (Å²) in [5.41, 5.74) is 5.81. The van der Waals surface area contributed by atoms with E-state index in [2.05, 4.69) is 4.74 Å². The molecule has 1 amide bonds. The first kappa shape index (κ1) is 11.3. The first-order chi connectivity index (χ1) is 6.63. The van der Waals surface area contributed by atoms with Crippen molar-refractivity contribution in [3.63, 3.8) is 0 Å². The molecular formula is C10H20N2O2. The Morgan fingerprint density at radius 2 is 2.00 bits per heavy atom. The van der Waals surface area contributed by atoms with Crippen LogP contribution < -0.4 is 5.73 Å². The summed E-state index contributed by atoms with van der Waals surface area (Å²) in [5, 5.41) is 0. The van der Waals surface area contributed by atoms with Gasteiger partial charge in [-0.1, -0.05) is 0 Å². The van der Waals surface area contributed by atoms with Crippen molar-refractivity contribution in [1.82, 2.24) is 4.90 Å². The second-order valence-electron chi connectivity index (χ2n) is 4.13. The van der Waals surface area contributed by atoms with Crippen molar-refractivity contribution in [2.24, 2.45) is 11.7 Å². The summed E-state index contributed by atoms with van der Waals surface area (Å²) in [6, 6.07) is 0.370. The number of carbonyl (C=O) groups excluding carboxylic acids is 1. The van der Waals surface area contributed by atoms with E-state index in [-0.39, 0.29) is 6.09 Å². The van der Waals surface area contributed by atoms with Crippen LogP contribution in [-0.4, -0.2) is 37.7 Å². The van der Waals surface area contributed by atoms with E-state index in [4.69, 9.17) is 5.73 Å². The molecule has 0 radical (unpaired) electrons. The van der Waals surface area contributed by atoms with Crippen molar-refractivity contribution in [3.05, 3.63) is 0 Å². The van der Waals surface area contributed by atoms with E-state index in [0.29, 0.717) is 12.0 Å². The zero-order valence-corrected chi connectivity index (χ0v) is 9.03. The third kappa shape index (κ3) is 3.18. The van der Waals surface area contributed by atoms with Gasteiger partial charge < -0.3 is 15.4 Å². The molecule has 2 N–H and O–H groups in total. The number of amides is 1. The average Bonchev–Trinajstić information content (AvgIpc) is 2.20. The summed E-state index contributed by atoms with van der Waals surface area (Å²) in [4.78, 5) is 12.8. The molecule has 1 saturated carbocycles. The highest BCUT2D eigenvalue weighted by Gasteiger charge is 2.21. The third-order valence-corrected chi connectivity index (χ3v) is 2.91. The van der Waals surface area contributed by atoms with Crippen LogP contribution in [0.3, 0.4) is 0 Å². The van der Waals surface area contributed by atoms with Gasteiger partial charge in [0, 0.05) is 19.6 Å². The van der Waals surface area contributed by atoms with Crippen LogP contribution in [0.4, 0.5) is 4.79 Å². The van der Waals surface area contributed by atoms with Crippen LogP contribution >= 0.6 is 0 Å². The van der Waals surface area contributed by atoms with Crippen LogP contribution in [0.15, 0.2) is 0 Å². The highest BCUT2D eigenvalue weighted by molar-refractivity contribution is 5.66. The Morgan fingerprint density at radius 3 is 2.50 bits per heavy atom. The Morgan fingerprint density at radius 1 is 1.43 bits per heavy atom. The molecule has 0 aromatic carbocycles. The maximum absolute atomic E-state index is 11.1. The molecule has 0 aromatic heterocycles. The number of nitrogens with zero attached hydrogens (tertiary/aromatic N) is 1.